The molecule has 0 spiro atoms. The van der Waals surface area contributed by atoms with Crippen LogP contribution in [-0.4, -0.2) is 51.4 Å². The maximum atomic E-state index is 13.4. The number of ether oxygens (including phenoxy) is 3. The summed E-state index contributed by atoms with van der Waals surface area (Å²) in [5.74, 6) is 1.93. The van der Waals surface area contributed by atoms with Crippen LogP contribution in [0.25, 0.3) is 22.0 Å². The molecule has 148 valence electrons. The average Bonchev–Trinajstić information content (AvgIpc) is 2.72. The van der Waals surface area contributed by atoms with Gasteiger partial charge in [-0.05, 0) is 43.9 Å². The number of hydrogen-bond acceptors (Lipinski definition) is 5. The Balaban J connectivity index is 2.33. The van der Waals surface area contributed by atoms with Gasteiger partial charge < -0.3 is 23.7 Å². The van der Waals surface area contributed by atoms with Crippen LogP contribution in [0, 0.1) is 0 Å². The van der Waals surface area contributed by atoms with E-state index in [4.69, 9.17) is 14.2 Å². The van der Waals surface area contributed by atoms with E-state index < -0.39 is 0 Å². The summed E-state index contributed by atoms with van der Waals surface area (Å²) in [4.78, 5) is 15.5. The molecule has 0 bridgehead atoms. The third kappa shape index (κ3) is 3.68. The highest BCUT2D eigenvalue weighted by atomic mass is 16.5. The summed E-state index contributed by atoms with van der Waals surface area (Å²) in [5, 5.41) is 0.522. The topological polar surface area (TPSA) is 52.9 Å². The highest BCUT2D eigenvalue weighted by Crippen LogP contribution is 2.33. The Kier molecular flexibility index (Phi) is 5.90. The van der Waals surface area contributed by atoms with Crippen molar-refractivity contribution in [1.82, 2.24) is 9.47 Å². The minimum absolute atomic E-state index is 0.0861. The molecule has 1 heterocycles. The summed E-state index contributed by atoms with van der Waals surface area (Å²) in [5.41, 5.74) is 2.10. The molecule has 28 heavy (non-hydrogen) atoms. The van der Waals surface area contributed by atoms with Gasteiger partial charge in [0.1, 0.15) is 17.2 Å². The van der Waals surface area contributed by atoms with E-state index >= 15 is 0 Å². The lowest BCUT2D eigenvalue weighted by atomic mass is 10.0. The first-order valence-electron chi connectivity index (χ1n) is 9.07. The normalized spacial score (nSPS) is 11.1. The number of methoxy groups -OCH3 is 3. The molecule has 0 aliphatic carbocycles. The molecule has 0 unspecified atom stereocenters. The van der Waals surface area contributed by atoms with Gasteiger partial charge in [0, 0.05) is 24.8 Å². The van der Waals surface area contributed by atoms with E-state index in [-0.39, 0.29) is 5.43 Å². The number of aromatic nitrogens is 1. The molecule has 0 saturated carbocycles. The molecular formula is C22H26N2O4. The van der Waals surface area contributed by atoms with Gasteiger partial charge in [0.25, 0.3) is 0 Å². The highest BCUT2D eigenvalue weighted by Gasteiger charge is 2.18. The lowest BCUT2D eigenvalue weighted by molar-refractivity contribution is 0.382. The molecule has 0 fully saturated rings. The minimum atomic E-state index is -0.0861. The van der Waals surface area contributed by atoms with Crippen molar-refractivity contribution in [2.75, 3.05) is 42.0 Å². The maximum Gasteiger partial charge on any atom is 0.201 e. The molecule has 0 radical (unpaired) electrons. The average molecular weight is 382 g/mol. The highest BCUT2D eigenvalue weighted by molar-refractivity contribution is 5.93. The summed E-state index contributed by atoms with van der Waals surface area (Å²) in [6.07, 6.45) is 1.90. The zero-order chi connectivity index (χ0) is 20.3. The van der Waals surface area contributed by atoms with E-state index in [1.54, 1.807) is 27.4 Å². The van der Waals surface area contributed by atoms with Crippen LogP contribution < -0.4 is 19.6 Å². The first-order chi connectivity index (χ1) is 13.5. The first kappa shape index (κ1) is 19.8. The second kappa shape index (κ2) is 8.35. The fraction of sp³-hybridized carbons (Fsp3) is 0.318. The van der Waals surface area contributed by atoms with Crippen LogP contribution >= 0.6 is 0 Å². The molecule has 0 aliphatic rings. The smallest absolute Gasteiger partial charge is 0.201 e. The van der Waals surface area contributed by atoms with Crippen molar-refractivity contribution in [2.24, 2.45) is 0 Å². The number of hydrogen-bond donors (Lipinski definition) is 0. The number of fused-ring (bicyclic) bond motifs is 1. The van der Waals surface area contributed by atoms with Gasteiger partial charge in [-0.25, -0.2) is 0 Å². The lowest BCUT2D eigenvalue weighted by Crippen LogP contribution is -2.21. The van der Waals surface area contributed by atoms with Crippen LogP contribution in [0.1, 0.15) is 0 Å². The van der Waals surface area contributed by atoms with Crippen molar-refractivity contribution in [3.05, 3.63) is 52.8 Å². The van der Waals surface area contributed by atoms with E-state index in [2.05, 4.69) is 9.47 Å². The summed E-state index contributed by atoms with van der Waals surface area (Å²) in [7, 11) is 8.85. The molecule has 6 nitrogen and oxygen atoms in total. The molecular weight excluding hydrogens is 356 g/mol. The largest absolute Gasteiger partial charge is 0.497 e. The number of rotatable bonds is 7. The van der Waals surface area contributed by atoms with Crippen molar-refractivity contribution in [3.8, 4) is 28.4 Å². The Morgan fingerprint density at radius 2 is 1.54 bits per heavy atom. The molecule has 0 aliphatic heterocycles. The van der Waals surface area contributed by atoms with E-state index in [0.29, 0.717) is 29.0 Å². The SMILES string of the molecule is COc1ccc(-c2cn(CCN(C)C)c3c(OC)ccc(OC)c3c2=O)cc1. The Morgan fingerprint density at radius 1 is 0.893 bits per heavy atom. The summed E-state index contributed by atoms with van der Waals surface area (Å²) in [6.45, 7) is 1.52. The monoisotopic (exact) mass is 382 g/mol. The summed E-state index contributed by atoms with van der Waals surface area (Å²) < 4.78 is 18.4. The quantitative estimate of drug-likeness (QED) is 0.628. The number of nitrogens with zero attached hydrogens (tertiary/aromatic N) is 2. The van der Waals surface area contributed by atoms with Gasteiger partial charge in [0.05, 0.1) is 32.2 Å². The van der Waals surface area contributed by atoms with Crippen LogP contribution in [0.15, 0.2) is 47.4 Å². The Hall–Kier alpha value is -2.99. The van der Waals surface area contributed by atoms with Crippen LogP contribution in [0.2, 0.25) is 0 Å². The Bertz CT molecular complexity index is 1020. The molecule has 0 saturated heterocycles. The molecule has 3 aromatic rings. The zero-order valence-electron chi connectivity index (χ0n) is 17.0. The van der Waals surface area contributed by atoms with E-state index in [1.165, 1.54) is 0 Å². The number of pyridine rings is 1. The molecule has 0 N–H and O–H groups in total. The van der Waals surface area contributed by atoms with Crippen LogP contribution in [0.5, 0.6) is 17.2 Å². The summed E-state index contributed by atoms with van der Waals surface area (Å²) in [6, 6.07) is 11.1. The molecule has 3 rings (SSSR count). The van der Waals surface area contributed by atoms with E-state index in [1.807, 2.05) is 50.6 Å². The molecule has 6 heteroatoms. The van der Waals surface area contributed by atoms with Gasteiger partial charge in [0.2, 0.25) is 5.43 Å². The van der Waals surface area contributed by atoms with Gasteiger partial charge in [-0.2, -0.15) is 0 Å². The maximum absolute atomic E-state index is 13.4. The van der Waals surface area contributed by atoms with Crippen molar-refractivity contribution in [3.63, 3.8) is 0 Å². The Morgan fingerprint density at radius 3 is 2.11 bits per heavy atom. The fourth-order valence-electron chi connectivity index (χ4n) is 3.27. The van der Waals surface area contributed by atoms with E-state index in [0.717, 1.165) is 23.4 Å². The standard InChI is InChI=1S/C22H26N2O4/c1-23(2)12-13-24-14-17(15-6-8-16(26-3)9-7-15)22(25)20-18(27-4)10-11-19(28-5)21(20)24/h6-11,14H,12-13H2,1-5H3. The third-order valence-corrected chi connectivity index (χ3v) is 4.78. The van der Waals surface area contributed by atoms with Crippen LogP contribution in [0.3, 0.4) is 0 Å². The molecule has 1 aromatic heterocycles. The third-order valence-electron chi connectivity index (χ3n) is 4.78. The van der Waals surface area contributed by atoms with Crippen molar-refractivity contribution >= 4 is 10.9 Å². The van der Waals surface area contributed by atoms with Gasteiger partial charge in [0.15, 0.2) is 0 Å². The zero-order valence-corrected chi connectivity index (χ0v) is 17.0. The molecule has 0 amide bonds. The van der Waals surface area contributed by atoms with Gasteiger partial charge in [-0.3, -0.25) is 4.79 Å². The van der Waals surface area contributed by atoms with E-state index in [9.17, 15) is 4.79 Å². The first-order valence-corrected chi connectivity index (χ1v) is 9.07. The predicted octanol–water partition coefficient (Wildman–Crippen LogP) is 3.26. The van der Waals surface area contributed by atoms with Crippen molar-refractivity contribution in [2.45, 2.75) is 6.54 Å². The van der Waals surface area contributed by atoms with Crippen LogP contribution in [0.4, 0.5) is 0 Å². The summed E-state index contributed by atoms with van der Waals surface area (Å²) >= 11 is 0. The Labute approximate surface area is 164 Å². The molecule has 0 atom stereocenters. The lowest BCUT2D eigenvalue weighted by Gasteiger charge is -2.19. The van der Waals surface area contributed by atoms with Crippen LogP contribution in [-0.2, 0) is 6.54 Å². The van der Waals surface area contributed by atoms with Gasteiger partial charge in [-0.15, -0.1) is 0 Å². The second-order valence-corrected chi connectivity index (χ2v) is 6.79. The van der Waals surface area contributed by atoms with Crippen molar-refractivity contribution in [1.29, 1.82) is 0 Å². The number of likely N-dealkylation sites (N-methyl/N-ethyl adjacent to an activating group) is 1. The van der Waals surface area contributed by atoms with Gasteiger partial charge in [-0.1, -0.05) is 12.1 Å². The fourth-order valence-corrected chi connectivity index (χ4v) is 3.27. The molecule has 2 aromatic carbocycles. The van der Waals surface area contributed by atoms with Gasteiger partial charge >= 0.3 is 0 Å². The second-order valence-electron chi connectivity index (χ2n) is 6.79. The van der Waals surface area contributed by atoms with Crippen molar-refractivity contribution < 1.29 is 14.2 Å². The minimum Gasteiger partial charge on any atom is -0.497 e. The number of benzene rings is 2. The predicted molar refractivity (Wildman–Crippen MR) is 112 cm³/mol.